The molecule has 25 heavy (non-hydrogen) atoms. The highest BCUT2D eigenvalue weighted by molar-refractivity contribution is 5.75. The van der Waals surface area contributed by atoms with Gasteiger partial charge in [0.15, 0.2) is 0 Å². The number of nitrogens with zero attached hydrogens (tertiary/aromatic N) is 3. The maximum Gasteiger partial charge on any atom is 0.318 e. The fourth-order valence-corrected chi connectivity index (χ4v) is 4.32. The van der Waals surface area contributed by atoms with Crippen LogP contribution >= 0.6 is 0 Å². The van der Waals surface area contributed by atoms with Gasteiger partial charge in [-0.15, -0.1) is 0 Å². The number of fused-ring (bicyclic) bond motifs is 3. The molecule has 0 aliphatic carbocycles. The van der Waals surface area contributed by atoms with Crippen molar-refractivity contribution in [3.05, 3.63) is 23.7 Å². The molecule has 0 spiro atoms. The Morgan fingerprint density at radius 3 is 2.84 bits per heavy atom. The fourth-order valence-electron chi connectivity index (χ4n) is 4.32. The first kappa shape index (κ1) is 16.9. The summed E-state index contributed by atoms with van der Waals surface area (Å²) in [5.41, 5.74) is 0. The average molecular weight is 348 g/mol. The van der Waals surface area contributed by atoms with E-state index in [2.05, 4.69) is 15.1 Å². The molecule has 5 rings (SSSR count). The first-order valence-electron chi connectivity index (χ1n) is 9.33. The maximum atomic E-state index is 12.7. The summed E-state index contributed by atoms with van der Waals surface area (Å²) in [7, 11) is 1.65. The molecule has 0 aromatic carbocycles. The molecule has 2 amide bonds. The van der Waals surface area contributed by atoms with Crippen molar-refractivity contribution in [2.45, 2.75) is 31.5 Å². The molecule has 0 unspecified atom stereocenters. The summed E-state index contributed by atoms with van der Waals surface area (Å²) in [4.78, 5) is 19.7. The molecule has 0 radical (unpaired) electrons. The van der Waals surface area contributed by atoms with Crippen LogP contribution in [0.3, 0.4) is 0 Å². The Kier molecular flexibility index (Phi) is 4.96. The summed E-state index contributed by atoms with van der Waals surface area (Å²) >= 11 is 0. The van der Waals surface area contributed by atoms with Crippen molar-refractivity contribution in [2.75, 3.05) is 52.9 Å². The van der Waals surface area contributed by atoms with Crippen molar-refractivity contribution in [3.8, 4) is 0 Å². The molecule has 7 nitrogen and oxygen atoms in total. The Labute approximate surface area is 148 Å². The number of methoxy groups -OCH3 is 1. The lowest BCUT2D eigenvalue weighted by molar-refractivity contribution is 0.0142. The minimum Gasteiger partial charge on any atom is -0.461 e. The number of furan rings is 1. The number of ether oxygens (including phenoxy) is 1. The lowest BCUT2D eigenvalue weighted by atomic mass is 10.1. The summed E-state index contributed by atoms with van der Waals surface area (Å²) in [6.45, 7) is 7.64. The zero-order chi connectivity index (χ0) is 17.2. The quantitative estimate of drug-likeness (QED) is 0.868. The highest BCUT2D eigenvalue weighted by Gasteiger charge is 2.35. The summed E-state index contributed by atoms with van der Waals surface area (Å²) < 4.78 is 11.0. The van der Waals surface area contributed by atoms with Crippen LogP contribution in [0.4, 0.5) is 4.79 Å². The Balaban J connectivity index is 1.34. The van der Waals surface area contributed by atoms with Crippen molar-refractivity contribution in [1.29, 1.82) is 0 Å². The van der Waals surface area contributed by atoms with Gasteiger partial charge in [0.2, 0.25) is 0 Å². The second-order valence-corrected chi connectivity index (χ2v) is 7.26. The van der Waals surface area contributed by atoms with Crippen LogP contribution in [0, 0.1) is 0 Å². The van der Waals surface area contributed by atoms with Crippen LogP contribution in [-0.2, 0) is 11.3 Å². The van der Waals surface area contributed by atoms with Crippen LogP contribution in [-0.4, -0.2) is 79.7 Å². The van der Waals surface area contributed by atoms with Gasteiger partial charge < -0.3 is 19.4 Å². The molecule has 2 bridgehead atoms. The molecule has 7 heteroatoms. The molecule has 1 N–H and O–H groups in total. The van der Waals surface area contributed by atoms with Gasteiger partial charge in [-0.3, -0.25) is 9.80 Å². The van der Waals surface area contributed by atoms with E-state index in [1.807, 2.05) is 17.0 Å². The maximum absolute atomic E-state index is 12.7. The number of likely N-dealkylation sites (tertiary alicyclic amines) is 1. The van der Waals surface area contributed by atoms with Gasteiger partial charge in [-0.25, -0.2) is 4.79 Å². The third-order valence-electron chi connectivity index (χ3n) is 5.69. The van der Waals surface area contributed by atoms with E-state index in [1.54, 1.807) is 7.11 Å². The van der Waals surface area contributed by atoms with Gasteiger partial charge in [0.05, 0.1) is 6.04 Å². The standard InChI is InChI=1S/C18H28N4O3/c1-24-13-15-4-5-17(25-15)16-3-2-6-22(16)18(23)19-11-14-12-20-7-9-21(14)10-8-20/h4-5,14,16H,2-3,6-13H2,1H3,(H,19,23)/t14-,16-/m1/s1. The van der Waals surface area contributed by atoms with Gasteiger partial charge in [-0.2, -0.15) is 0 Å². The predicted molar refractivity (Wildman–Crippen MR) is 93.3 cm³/mol. The first-order valence-corrected chi connectivity index (χ1v) is 9.33. The molecule has 0 saturated carbocycles. The van der Waals surface area contributed by atoms with E-state index < -0.39 is 0 Å². The largest absolute Gasteiger partial charge is 0.461 e. The van der Waals surface area contributed by atoms with Crippen molar-refractivity contribution >= 4 is 6.03 Å². The fraction of sp³-hybridized carbons (Fsp3) is 0.722. The predicted octanol–water partition coefficient (Wildman–Crippen LogP) is 1.27. The summed E-state index contributed by atoms with van der Waals surface area (Å²) in [5.74, 6) is 1.68. The van der Waals surface area contributed by atoms with Crippen LogP contribution in [0.5, 0.6) is 0 Å². The molecule has 138 valence electrons. The Bertz CT molecular complexity index is 597. The number of nitrogens with one attached hydrogen (secondary N) is 1. The molecule has 4 fully saturated rings. The Morgan fingerprint density at radius 1 is 1.28 bits per heavy atom. The minimum atomic E-state index is 0.0323. The zero-order valence-electron chi connectivity index (χ0n) is 14.9. The third kappa shape index (κ3) is 3.54. The van der Waals surface area contributed by atoms with Crippen LogP contribution in [0.1, 0.15) is 30.4 Å². The first-order chi connectivity index (χ1) is 12.2. The minimum absolute atomic E-state index is 0.0323. The SMILES string of the molecule is COCc1ccc([C@H]2CCCN2C(=O)NC[C@@H]2CN3CCN2CC3)o1. The topological polar surface area (TPSA) is 61.2 Å². The van der Waals surface area contributed by atoms with E-state index >= 15 is 0 Å². The van der Waals surface area contributed by atoms with Crippen molar-refractivity contribution in [3.63, 3.8) is 0 Å². The van der Waals surface area contributed by atoms with Gasteiger partial charge >= 0.3 is 6.03 Å². The lowest BCUT2D eigenvalue weighted by Gasteiger charge is -2.47. The van der Waals surface area contributed by atoms with Crippen LogP contribution < -0.4 is 5.32 Å². The monoisotopic (exact) mass is 348 g/mol. The van der Waals surface area contributed by atoms with Crippen LogP contribution in [0.25, 0.3) is 0 Å². The van der Waals surface area contributed by atoms with Gasteiger partial charge in [-0.1, -0.05) is 0 Å². The summed E-state index contributed by atoms with van der Waals surface area (Å²) in [6, 6.07) is 4.43. The van der Waals surface area contributed by atoms with E-state index in [-0.39, 0.29) is 12.1 Å². The number of hydrogen-bond acceptors (Lipinski definition) is 5. The van der Waals surface area contributed by atoms with Crippen molar-refractivity contribution < 1.29 is 13.9 Å². The average Bonchev–Trinajstić information content (AvgIpc) is 3.30. The molecule has 4 saturated heterocycles. The van der Waals surface area contributed by atoms with E-state index in [9.17, 15) is 4.79 Å². The van der Waals surface area contributed by atoms with Gasteiger partial charge in [0.1, 0.15) is 18.1 Å². The number of piperazine rings is 3. The molecule has 2 atom stereocenters. The molecule has 4 aliphatic rings. The van der Waals surface area contributed by atoms with Crippen molar-refractivity contribution in [1.82, 2.24) is 20.0 Å². The van der Waals surface area contributed by atoms with Gasteiger partial charge in [-0.05, 0) is 25.0 Å². The van der Waals surface area contributed by atoms with Gasteiger partial charge in [0, 0.05) is 59.0 Å². The summed E-state index contributed by atoms with van der Waals surface area (Å²) in [6.07, 6.45) is 1.97. The lowest BCUT2D eigenvalue weighted by Crippen LogP contribution is -2.63. The highest BCUT2D eigenvalue weighted by Crippen LogP contribution is 2.33. The van der Waals surface area contributed by atoms with Crippen LogP contribution in [0.15, 0.2) is 16.5 Å². The summed E-state index contributed by atoms with van der Waals surface area (Å²) in [5, 5.41) is 3.16. The Hall–Kier alpha value is -1.57. The normalized spacial score (nSPS) is 31.5. The van der Waals surface area contributed by atoms with Gasteiger partial charge in [0.25, 0.3) is 0 Å². The van der Waals surface area contributed by atoms with E-state index in [0.717, 1.165) is 57.1 Å². The molecule has 4 aliphatic heterocycles. The van der Waals surface area contributed by atoms with E-state index in [4.69, 9.17) is 9.15 Å². The zero-order valence-corrected chi connectivity index (χ0v) is 14.9. The number of urea groups is 1. The smallest absolute Gasteiger partial charge is 0.318 e. The molecule has 1 aromatic rings. The number of rotatable bonds is 5. The van der Waals surface area contributed by atoms with E-state index in [1.165, 1.54) is 13.1 Å². The second kappa shape index (κ2) is 7.35. The van der Waals surface area contributed by atoms with Crippen molar-refractivity contribution in [2.24, 2.45) is 0 Å². The Morgan fingerprint density at radius 2 is 2.12 bits per heavy atom. The molecule has 5 heterocycles. The molecular formula is C18H28N4O3. The van der Waals surface area contributed by atoms with Crippen LogP contribution in [0.2, 0.25) is 0 Å². The number of amides is 2. The number of hydrogen-bond donors (Lipinski definition) is 1. The van der Waals surface area contributed by atoms with E-state index in [0.29, 0.717) is 12.6 Å². The molecule has 1 aromatic heterocycles. The molecular weight excluding hydrogens is 320 g/mol. The third-order valence-corrected chi connectivity index (χ3v) is 5.69. The number of carbonyl (C=O) groups excluding carboxylic acids is 1. The second-order valence-electron chi connectivity index (χ2n) is 7.26. The number of carbonyl (C=O) groups is 1. The highest BCUT2D eigenvalue weighted by atomic mass is 16.5.